The summed E-state index contributed by atoms with van der Waals surface area (Å²) in [7, 11) is 0. The number of aromatic nitrogens is 3. The maximum absolute atomic E-state index is 13.3. The highest BCUT2D eigenvalue weighted by Gasteiger charge is 2.33. The molecule has 0 saturated carbocycles. The lowest BCUT2D eigenvalue weighted by Gasteiger charge is -2.09. The van der Waals surface area contributed by atoms with Gasteiger partial charge in [-0.05, 0) is 42.3 Å². The maximum Gasteiger partial charge on any atom is 0.425 e. The van der Waals surface area contributed by atoms with E-state index in [1.807, 2.05) is 18.2 Å². The lowest BCUT2D eigenvalue weighted by atomic mass is 10.1. The Morgan fingerprint density at radius 2 is 1.90 bits per heavy atom. The summed E-state index contributed by atoms with van der Waals surface area (Å²) < 4.78 is 50.5. The minimum absolute atomic E-state index is 0.200. The van der Waals surface area contributed by atoms with Crippen molar-refractivity contribution in [3.63, 3.8) is 0 Å². The molecular formula is C21H15F3N4O2S. The van der Waals surface area contributed by atoms with E-state index in [4.69, 9.17) is 9.47 Å². The van der Waals surface area contributed by atoms with Crippen LogP contribution in [0.4, 0.5) is 19.0 Å². The number of nitrogens with one attached hydrogen (secondary N) is 1. The topological polar surface area (TPSA) is 69.2 Å². The van der Waals surface area contributed by atoms with Crippen molar-refractivity contribution in [3.05, 3.63) is 59.1 Å². The molecule has 1 aromatic carbocycles. The highest BCUT2D eigenvalue weighted by molar-refractivity contribution is 7.18. The number of pyridine rings is 1. The highest BCUT2D eigenvalue weighted by atomic mass is 32.1. The van der Waals surface area contributed by atoms with Crippen LogP contribution < -0.4 is 14.8 Å². The molecule has 0 fully saturated rings. The van der Waals surface area contributed by atoms with Gasteiger partial charge in [-0.15, -0.1) is 11.3 Å². The second-order valence-corrected chi connectivity index (χ2v) is 7.83. The minimum atomic E-state index is -4.44. The lowest BCUT2D eigenvalue weighted by Crippen LogP contribution is -2.08. The zero-order chi connectivity index (χ0) is 21.4. The van der Waals surface area contributed by atoms with Gasteiger partial charge in [0.1, 0.15) is 21.2 Å². The predicted octanol–water partition coefficient (Wildman–Crippen LogP) is 5.16. The van der Waals surface area contributed by atoms with Crippen LogP contribution in [0.2, 0.25) is 0 Å². The summed E-state index contributed by atoms with van der Waals surface area (Å²) in [6.07, 6.45) is -2.23. The molecule has 4 heterocycles. The van der Waals surface area contributed by atoms with Gasteiger partial charge in [0, 0.05) is 12.7 Å². The van der Waals surface area contributed by atoms with Crippen LogP contribution in [0.25, 0.3) is 21.7 Å². The highest BCUT2D eigenvalue weighted by Crippen LogP contribution is 2.40. The number of nitrogens with zero attached hydrogens (tertiary/aromatic N) is 3. The number of anilines is 1. The van der Waals surface area contributed by atoms with Crippen LogP contribution in [-0.2, 0) is 12.6 Å². The summed E-state index contributed by atoms with van der Waals surface area (Å²) in [4.78, 5) is 12.5. The fourth-order valence-corrected chi connectivity index (χ4v) is 4.13. The fraction of sp³-hybridized carbons (Fsp3) is 0.190. The van der Waals surface area contributed by atoms with Gasteiger partial charge in [0.25, 0.3) is 0 Å². The predicted molar refractivity (Wildman–Crippen MR) is 110 cm³/mol. The number of halogens is 3. The monoisotopic (exact) mass is 444 g/mol. The van der Waals surface area contributed by atoms with E-state index >= 15 is 0 Å². The van der Waals surface area contributed by atoms with E-state index in [-0.39, 0.29) is 17.4 Å². The van der Waals surface area contributed by atoms with E-state index in [0.29, 0.717) is 52.7 Å². The van der Waals surface area contributed by atoms with Gasteiger partial charge in [0.15, 0.2) is 17.3 Å². The number of rotatable bonds is 5. The van der Waals surface area contributed by atoms with Gasteiger partial charge in [-0.1, -0.05) is 12.1 Å². The van der Waals surface area contributed by atoms with Crippen molar-refractivity contribution in [2.45, 2.75) is 12.6 Å². The first kappa shape index (κ1) is 19.6. The molecule has 0 atom stereocenters. The summed E-state index contributed by atoms with van der Waals surface area (Å²) in [6, 6.07) is 12.0. The average molecular weight is 444 g/mol. The second kappa shape index (κ2) is 7.69. The number of alkyl halides is 3. The molecule has 3 aromatic heterocycles. The zero-order valence-corrected chi connectivity index (χ0v) is 16.8. The van der Waals surface area contributed by atoms with Crippen LogP contribution in [-0.4, -0.2) is 28.3 Å². The Kier molecular flexibility index (Phi) is 4.85. The first-order valence-corrected chi connectivity index (χ1v) is 10.2. The maximum atomic E-state index is 13.3. The van der Waals surface area contributed by atoms with Gasteiger partial charge >= 0.3 is 6.18 Å². The Bertz CT molecular complexity index is 1240. The van der Waals surface area contributed by atoms with Crippen molar-refractivity contribution < 1.29 is 22.6 Å². The van der Waals surface area contributed by atoms with Gasteiger partial charge in [-0.2, -0.15) is 13.2 Å². The molecule has 0 aliphatic carbocycles. The molecule has 1 N–H and O–H groups in total. The Morgan fingerprint density at radius 1 is 1.03 bits per heavy atom. The molecular weight excluding hydrogens is 429 g/mol. The fourth-order valence-electron chi connectivity index (χ4n) is 3.23. The van der Waals surface area contributed by atoms with Crippen molar-refractivity contribution >= 4 is 27.4 Å². The zero-order valence-electron chi connectivity index (χ0n) is 15.9. The number of fused-ring (bicyclic) bond motifs is 2. The third-order valence-electron chi connectivity index (χ3n) is 4.71. The van der Waals surface area contributed by atoms with E-state index < -0.39 is 11.1 Å². The number of hydrogen-bond donors (Lipinski definition) is 1. The molecule has 0 amide bonds. The number of ether oxygens (including phenoxy) is 2. The third-order valence-corrected chi connectivity index (χ3v) is 5.78. The molecule has 0 unspecified atom stereocenters. The minimum Gasteiger partial charge on any atom is -0.454 e. The Hall–Kier alpha value is -3.40. The molecule has 158 valence electrons. The molecule has 0 bridgehead atoms. The van der Waals surface area contributed by atoms with Gasteiger partial charge in [-0.25, -0.2) is 9.97 Å². The van der Waals surface area contributed by atoms with Crippen LogP contribution in [0.1, 0.15) is 10.4 Å². The van der Waals surface area contributed by atoms with E-state index in [1.54, 1.807) is 24.4 Å². The van der Waals surface area contributed by atoms with Crippen molar-refractivity contribution in [2.75, 3.05) is 18.7 Å². The lowest BCUT2D eigenvalue weighted by molar-refractivity contribution is -0.134. The Morgan fingerprint density at radius 3 is 2.71 bits per heavy atom. The van der Waals surface area contributed by atoms with E-state index in [1.165, 1.54) is 0 Å². The van der Waals surface area contributed by atoms with E-state index in [2.05, 4.69) is 20.3 Å². The molecule has 10 heteroatoms. The molecule has 5 rings (SSSR count). The summed E-state index contributed by atoms with van der Waals surface area (Å²) in [5, 5.41) is 3.50. The second-order valence-electron chi connectivity index (χ2n) is 6.80. The van der Waals surface area contributed by atoms with Crippen LogP contribution in [0.5, 0.6) is 11.5 Å². The standard InChI is InChI=1S/C21H15F3N4O2S/c22-21(23,24)17-10-13-18(26-8-6-12-4-5-15-16(9-12)30-11-29-15)27-19(28-20(13)31-17)14-3-1-2-7-25-14/h1-5,7,9-10H,6,8,11H2,(H,26,27,28). The van der Waals surface area contributed by atoms with Gasteiger partial charge < -0.3 is 14.8 Å². The molecule has 6 nitrogen and oxygen atoms in total. The van der Waals surface area contributed by atoms with Crippen molar-refractivity contribution in [3.8, 4) is 23.0 Å². The quantitative estimate of drug-likeness (QED) is 0.459. The van der Waals surface area contributed by atoms with Gasteiger partial charge in [0.05, 0.1) is 5.39 Å². The van der Waals surface area contributed by atoms with Gasteiger partial charge in [0.2, 0.25) is 6.79 Å². The van der Waals surface area contributed by atoms with Crippen molar-refractivity contribution in [2.24, 2.45) is 0 Å². The van der Waals surface area contributed by atoms with Crippen LogP contribution in [0.3, 0.4) is 0 Å². The smallest absolute Gasteiger partial charge is 0.425 e. The first-order chi connectivity index (χ1) is 15.0. The summed E-state index contributed by atoms with van der Waals surface area (Å²) in [5.41, 5.74) is 1.50. The summed E-state index contributed by atoms with van der Waals surface area (Å²) >= 11 is 0.596. The van der Waals surface area contributed by atoms with E-state index in [9.17, 15) is 13.2 Å². The molecule has 1 aliphatic heterocycles. The van der Waals surface area contributed by atoms with Crippen molar-refractivity contribution in [1.82, 2.24) is 15.0 Å². The third kappa shape index (κ3) is 3.98. The SMILES string of the molecule is FC(F)(F)c1cc2c(NCCc3ccc4c(c3)OCO4)nc(-c3ccccn3)nc2s1. The summed E-state index contributed by atoms with van der Waals surface area (Å²) in [6.45, 7) is 0.663. The van der Waals surface area contributed by atoms with Gasteiger partial charge in [-0.3, -0.25) is 4.98 Å². The molecule has 1 aliphatic rings. The normalized spacial score (nSPS) is 13.0. The molecule has 0 saturated heterocycles. The largest absolute Gasteiger partial charge is 0.454 e. The van der Waals surface area contributed by atoms with Crippen LogP contribution >= 0.6 is 11.3 Å². The van der Waals surface area contributed by atoms with Crippen molar-refractivity contribution in [1.29, 1.82) is 0 Å². The van der Waals surface area contributed by atoms with Crippen LogP contribution in [0, 0.1) is 0 Å². The number of benzene rings is 1. The van der Waals surface area contributed by atoms with E-state index in [0.717, 1.165) is 11.6 Å². The summed E-state index contributed by atoms with van der Waals surface area (Å²) in [5.74, 6) is 2.01. The Balaban J connectivity index is 1.45. The number of thiophene rings is 1. The number of hydrogen-bond acceptors (Lipinski definition) is 7. The average Bonchev–Trinajstić information content (AvgIpc) is 3.40. The molecule has 4 aromatic rings. The first-order valence-electron chi connectivity index (χ1n) is 9.40. The van der Waals surface area contributed by atoms with Crippen LogP contribution in [0.15, 0.2) is 48.7 Å². The molecule has 31 heavy (non-hydrogen) atoms. The molecule has 0 spiro atoms. The molecule has 0 radical (unpaired) electrons. The Labute approximate surface area is 178 Å².